The SMILES string of the molecule is NCCC(=O)N1CCN(c2cnc(=O)[nH]c2NC(=O)c2nc(Br)cnc2N)CC1. The monoisotopic (exact) mass is 465 g/mol. The van der Waals surface area contributed by atoms with Crippen LogP contribution in [0.15, 0.2) is 21.8 Å². The normalized spacial score (nSPS) is 14.0. The highest BCUT2D eigenvalue weighted by Gasteiger charge is 2.24. The second-order valence-electron chi connectivity index (χ2n) is 6.24. The van der Waals surface area contributed by atoms with Crippen molar-refractivity contribution in [2.24, 2.45) is 5.73 Å². The number of nitrogens with one attached hydrogen (secondary N) is 2. The molecule has 3 heterocycles. The molecule has 0 saturated carbocycles. The number of nitrogens with two attached hydrogens (primary N) is 2. The van der Waals surface area contributed by atoms with Crippen molar-refractivity contribution in [1.82, 2.24) is 24.8 Å². The number of piperazine rings is 1. The minimum atomic E-state index is -0.629. The van der Waals surface area contributed by atoms with E-state index in [0.717, 1.165) is 0 Å². The fourth-order valence-corrected chi connectivity index (χ4v) is 3.20. The highest BCUT2D eigenvalue weighted by molar-refractivity contribution is 9.10. The Labute approximate surface area is 173 Å². The van der Waals surface area contributed by atoms with Gasteiger partial charge in [0.15, 0.2) is 11.5 Å². The predicted molar refractivity (Wildman–Crippen MR) is 109 cm³/mol. The molecule has 29 heavy (non-hydrogen) atoms. The molecule has 1 fully saturated rings. The molecule has 154 valence electrons. The number of aromatic nitrogens is 4. The molecule has 2 aromatic rings. The van der Waals surface area contributed by atoms with Crippen molar-refractivity contribution in [3.8, 4) is 0 Å². The van der Waals surface area contributed by atoms with Crippen molar-refractivity contribution in [3.63, 3.8) is 0 Å². The number of anilines is 3. The molecule has 13 heteroatoms. The van der Waals surface area contributed by atoms with E-state index in [4.69, 9.17) is 11.5 Å². The van der Waals surface area contributed by atoms with Crippen molar-refractivity contribution < 1.29 is 9.59 Å². The van der Waals surface area contributed by atoms with E-state index >= 15 is 0 Å². The first kappa shape index (κ1) is 20.7. The first-order valence-electron chi connectivity index (χ1n) is 8.80. The molecule has 0 bridgehead atoms. The van der Waals surface area contributed by atoms with E-state index in [2.05, 4.69) is 41.2 Å². The summed E-state index contributed by atoms with van der Waals surface area (Å²) in [5.41, 5.74) is 11.0. The molecule has 1 aliphatic heterocycles. The topological polar surface area (TPSA) is 176 Å². The van der Waals surface area contributed by atoms with Gasteiger partial charge in [-0.2, -0.15) is 4.98 Å². The fourth-order valence-electron chi connectivity index (χ4n) is 2.92. The van der Waals surface area contributed by atoms with Crippen molar-refractivity contribution in [2.75, 3.05) is 48.7 Å². The second-order valence-corrected chi connectivity index (χ2v) is 7.05. The van der Waals surface area contributed by atoms with Crippen LogP contribution in [0.5, 0.6) is 0 Å². The molecule has 1 saturated heterocycles. The number of nitrogen functional groups attached to an aromatic ring is 1. The van der Waals surface area contributed by atoms with E-state index in [9.17, 15) is 14.4 Å². The van der Waals surface area contributed by atoms with Gasteiger partial charge in [0, 0.05) is 39.1 Å². The molecule has 0 spiro atoms. The molecule has 0 atom stereocenters. The Bertz CT molecular complexity index is 972. The number of carbonyl (C=O) groups is 2. The summed E-state index contributed by atoms with van der Waals surface area (Å²) in [6.07, 6.45) is 3.05. The van der Waals surface area contributed by atoms with E-state index < -0.39 is 11.6 Å². The van der Waals surface area contributed by atoms with Crippen LogP contribution in [0.25, 0.3) is 0 Å². The first-order chi connectivity index (χ1) is 13.9. The van der Waals surface area contributed by atoms with Crippen molar-refractivity contribution in [1.29, 1.82) is 0 Å². The predicted octanol–water partition coefficient (Wildman–Crippen LogP) is -0.846. The van der Waals surface area contributed by atoms with Crippen LogP contribution in [-0.4, -0.2) is 69.4 Å². The Morgan fingerprint density at radius 1 is 1.21 bits per heavy atom. The molecular formula is C16H20BrN9O3. The summed E-state index contributed by atoms with van der Waals surface area (Å²) in [5.74, 6) is -0.506. The van der Waals surface area contributed by atoms with E-state index in [-0.39, 0.29) is 23.2 Å². The molecule has 12 nitrogen and oxygen atoms in total. The Morgan fingerprint density at radius 3 is 2.62 bits per heavy atom. The van der Waals surface area contributed by atoms with Crippen LogP contribution < -0.4 is 27.4 Å². The molecule has 0 aromatic carbocycles. The standard InChI is InChI=1S/C16H20BrN9O3/c17-10-8-20-13(19)12(22-10)15(28)23-14-9(7-21-16(29)24-14)25-3-5-26(6-4-25)11(27)1-2-18/h7-8H,1-6,18H2,(H2,19,20)(H2,21,23,24,28,29). The average molecular weight is 466 g/mol. The number of nitrogens with zero attached hydrogens (tertiary/aromatic N) is 5. The smallest absolute Gasteiger partial charge is 0.346 e. The van der Waals surface area contributed by atoms with Crippen LogP contribution in [-0.2, 0) is 4.79 Å². The summed E-state index contributed by atoms with van der Waals surface area (Å²) in [6.45, 7) is 2.31. The molecule has 2 aromatic heterocycles. The van der Waals surface area contributed by atoms with E-state index in [1.807, 2.05) is 4.90 Å². The molecule has 0 radical (unpaired) electrons. The van der Waals surface area contributed by atoms with Crippen LogP contribution in [0.4, 0.5) is 17.3 Å². The maximum absolute atomic E-state index is 12.6. The van der Waals surface area contributed by atoms with Gasteiger partial charge in [0.05, 0.1) is 18.1 Å². The van der Waals surface area contributed by atoms with Crippen LogP contribution in [0, 0.1) is 0 Å². The third kappa shape index (κ3) is 4.86. The summed E-state index contributed by atoms with van der Waals surface area (Å²) >= 11 is 3.14. The lowest BCUT2D eigenvalue weighted by Gasteiger charge is -2.36. The van der Waals surface area contributed by atoms with Gasteiger partial charge >= 0.3 is 5.69 Å². The third-order valence-electron chi connectivity index (χ3n) is 4.35. The molecule has 1 aliphatic rings. The van der Waals surface area contributed by atoms with Crippen molar-refractivity contribution >= 4 is 45.1 Å². The van der Waals surface area contributed by atoms with Gasteiger partial charge < -0.3 is 26.6 Å². The number of halogens is 1. The molecule has 0 aliphatic carbocycles. The Hall–Kier alpha value is -3.06. The fraction of sp³-hybridized carbons (Fsp3) is 0.375. The van der Waals surface area contributed by atoms with Gasteiger partial charge in [-0.15, -0.1) is 0 Å². The lowest BCUT2D eigenvalue weighted by molar-refractivity contribution is -0.131. The lowest BCUT2D eigenvalue weighted by Crippen LogP contribution is -2.49. The summed E-state index contributed by atoms with van der Waals surface area (Å²) in [6, 6.07) is 0. The zero-order valence-corrected chi connectivity index (χ0v) is 17.0. The number of amides is 2. The summed E-state index contributed by atoms with van der Waals surface area (Å²) in [5, 5.41) is 2.61. The maximum atomic E-state index is 12.6. The molecular weight excluding hydrogens is 446 g/mol. The van der Waals surface area contributed by atoms with Gasteiger partial charge in [-0.05, 0) is 15.9 Å². The minimum Gasteiger partial charge on any atom is -0.382 e. The van der Waals surface area contributed by atoms with Crippen LogP contribution in [0.3, 0.4) is 0 Å². The van der Waals surface area contributed by atoms with E-state index in [0.29, 0.717) is 49.4 Å². The van der Waals surface area contributed by atoms with Gasteiger partial charge in [-0.3, -0.25) is 14.6 Å². The number of rotatable bonds is 5. The second kappa shape index (κ2) is 8.96. The largest absolute Gasteiger partial charge is 0.382 e. The zero-order chi connectivity index (χ0) is 21.0. The van der Waals surface area contributed by atoms with Gasteiger partial charge in [0.1, 0.15) is 10.4 Å². The molecule has 0 unspecified atom stereocenters. The number of aromatic amines is 1. The quantitative estimate of drug-likeness (QED) is 0.437. The van der Waals surface area contributed by atoms with Crippen LogP contribution in [0.2, 0.25) is 0 Å². The van der Waals surface area contributed by atoms with E-state index in [1.165, 1.54) is 12.4 Å². The maximum Gasteiger partial charge on any atom is 0.346 e. The highest BCUT2D eigenvalue weighted by Crippen LogP contribution is 2.24. The van der Waals surface area contributed by atoms with Crippen LogP contribution >= 0.6 is 15.9 Å². The highest BCUT2D eigenvalue weighted by atomic mass is 79.9. The average Bonchev–Trinajstić information content (AvgIpc) is 2.70. The first-order valence-corrected chi connectivity index (χ1v) is 9.60. The van der Waals surface area contributed by atoms with Crippen LogP contribution in [0.1, 0.15) is 16.9 Å². The minimum absolute atomic E-state index is 0.00368. The Morgan fingerprint density at radius 2 is 1.93 bits per heavy atom. The summed E-state index contributed by atoms with van der Waals surface area (Å²) in [4.78, 5) is 54.1. The van der Waals surface area contributed by atoms with Gasteiger partial charge in [0.2, 0.25) is 5.91 Å². The number of carbonyl (C=O) groups excluding carboxylic acids is 2. The number of hydrogen-bond acceptors (Lipinski definition) is 9. The van der Waals surface area contributed by atoms with Crippen molar-refractivity contribution in [3.05, 3.63) is 33.2 Å². The lowest BCUT2D eigenvalue weighted by atomic mass is 10.2. The Kier molecular flexibility index (Phi) is 6.39. The number of hydrogen-bond donors (Lipinski definition) is 4. The van der Waals surface area contributed by atoms with E-state index in [1.54, 1.807) is 4.90 Å². The Balaban J connectivity index is 1.78. The zero-order valence-electron chi connectivity index (χ0n) is 15.4. The van der Waals surface area contributed by atoms with Gasteiger partial charge in [-0.25, -0.2) is 14.8 Å². The molecule has 2 amide bonds. The number of H-pyrrole nitrogens is 1. The summed E-state index contributed by atoms with van der Waals surface area (Å²) < 4.78 is 0.346. The third-order valence-corrected chi connectivity index (χ3v) is 4.73. The molecule has 6 N–H and O–H groups in total. The van der Waals surface area contributed by atoms with Gasteiger partial charge in [-0.1, -0.05) is 0 Å². The van der Waals surface area contributed by atoms with Gasteiger partial charge in [0.25, 0.3) is 5.91 Å². The molecule has 3 rings (SSSR count). The summed E-state index contributed by atoms with van der Waals surface area (Å²) in [7, 11) is 0. The van der Waals surface area contributed by atoms with Crippen molar-refractivity contribution in [2.45, 2.75) is 6.42 Å².